The van der Waals surface area contributed by atoms with Crippen LogP contribution in [-0.4, -0.2) is 38.9 Å². The van der Waals surface area contributed by atoms with Crippen LogP contribution in [0.3, 0.4) is 0 Å². The molecule has 0 bridgehead atoms. The number of fused-ring (bicyclic) bond motifs is 1. The maximum absolute atomic E-state index is 12.5. The standard InChI is InChI=1S/C23H26F3N5O2/c1-13(2)21(20(33)4-5-23(24,25)26)31-17-7-16(10-27-11-17)19-12-30-22-18(19)6-15(9-29-22)8-28-14(3)32/h6-7,9-13,21,31H,4-5,8H2,1-3H3,(H,28,32)(H,29,30). The van der Waals surface area contributed by atoms with Crippen molar-refractivity contribution in [1.29, 1.82) is 0 Å². The van der Waals surface area contributed by atoms with Crippen molar-refractivity contribution in [2.45, 2.75) is 52.4 Å². The molecule has 10 heteroatoms. The maximum Gasteiger partial charge on any atom is 0.389 e. The fourth-order valence-corrected chi connectivity index (χ4v) is 3.49. The van der Waals surface area contributed by atoms with Crippen LogP contribution in [0.4, 0.5) is 18.9 Å². The van der Waals surface area contributed by atoms with E-state index in [2.05, 4.69) is 25.6 Å². The molecule has 176 valence electrons. The smallest absolute Gasteiger partial charge is 0.374 e. The van der Waals surface area contributed by atoms with Crippen LogP contribution >= 0.6 is 0 Å². The van der Waals surface area contributed by atoms with Crippen molar-refractivity contribution in [1.82, 2.24) is 20.3 Å². The van der Waals surface area contributed by atoms with Gasteiger partial charge in [0.05, 0.1) is 18.2 Å². The van der Waals surface area contributed by atoms with E-state index in [0.717, 1.165) is 22.1 Å². The number of nitrogens with one attached hydrogen (secondary N) is 3. The summed E-state index contributed by atoms with van der Waals surface area (Å²) in [5, 5.41) is 6.62. The molecule has 1 atom stereocenters. The van der Waals surface area contributed by atoms with Gasteiger partial charge in [0.2, 0.25) is 5.91 Å². The highest BCUT2D eigenvalue weighted by Crippen LogP contribution is 2.30. The highest BCUT2D eigenvalue weighted by atomic mass is 19.4. The van der Waals surface area contributed by atoms with Gasteiger partial charge in [-0.25, -0.2) is 4.98 Å². The van der Waals surface area contributed by atoms with Crippen LogP contribution in [0, 0.1) is 5.92 Å². The van der Waals surface area contributed by atoms with Crippen LogP contribution in [0.2, 0.25) is 0 Å². The third-order valence-corrected chi connectivity index (χ3v) is 5.17. The number of carbonyl (C=O) groups excluding carboxylic acids is 2. The lowest BCUT2D eigenvalue weighted by Gasteiger charge is -2.22. The average molecular weight is 461 g/mol. The first-order valence-electron chi connectivity index (χ1n) is 10.6. The SMILES string of the molecule is CC(=O)NCc1cnc2[nH]cc(-c3cncc(NC(C(=O)CCC(F)(F)F)C(C)C)c3)c2c1. The van der Waals surface area contributed by atoms with E-state index in [-0.39, 0.29) is 11.8 Å². The van der Waals surface area contributed by atoms with E-state index in [4.69, 9.17) is 0 Å². The van der Waals surface area contributed by atoms with Crippen LogP contribution < -0.4 is 10.6 Å². The van der Waals surface area contributed by atoms with Crippen LogP contribution in [0.1, 0.15) is 39.2 Å². The predicted molar refractivity (Wildman–Crippen MR) is 119 cm³/mol. The molecule has 0 aliphatic heterocycles. The Hall–Kier alpha value is -3.43. The number of hydrogen-bond donors (Lipinski definition) is 3. The maximum atomic E-state index is 12.5. The van der Waals surface area contributed by atoms with Crippen molar-refractivity contribution in [3.8, 4) is 11.1 Å². The first kappa shape index (κ1) is 24.2. The number of aromatic amines is 1. The number of alkyl halides is 3. The molecule has 3 aromatic rings. The zero-order valence-corrected chi connectivity index (χ0v) is 18.6. The molecule has 33 heavy (non-hydrogen) atoms. The molecule has 0 spiro atoms. The van der Waals surface area contributed by atoms with Gasteiger partial charge in [-0.3, -0.25) is 14.6 Å². The Morgan fingerprint density at radius 3 is 2.58 bits per heavy atom. The minimum absolute atomic E-state index is 0.142. The summed E-state index contributed by atoms with van der Waals surface area (Å²) in [6.45, 7) is 5.35. The number of hydrogen-bond acceptors (Lipinski definition) is 5. The number of pyridine rings is 2. The van der Waals surface area contributed by atoms with Gasteiger partial charge >= 0.3 is 6.18 Å². The minimum Gasteiger partial charge on any atom is -0.374 e. The van der Waals surface area contributed by atoms with Gasteiger partial charge in [-0.05, 0) is 23.6 Å². The van der Waals surface area contributed by atoms with E-state index in [9.17, 15) is 22.8 Å². The monoisotopic (exact) mass is 461 g/mol. The van der Waals surface area contributed by atoms with Crippen LogP contribution in [0.15, 0.2) is 36.9 Å². The molecule has 7 nitrogen and oxygen atoms in total. The van der Waals surface area contributed by atoms with E-state index in [0.29, 0.717) is 17.9 Å². The topological polar surface area (TPSA) is 99.8 Å². The van der Waals surface area contributed by atoms with Crippen molar-refractivity contribution >= 4 is 28.4 Å². The molecule has 1 unspecified atom stereocenters. The third-order valence-electron chi connectivity index (χ3n) is 5.17. The van der Waals surface area contributed by atoms with E-state index in [1.165, 1.54) is 13.1 Å². The molecule has 0 radical (unpaired) electrons. The molecule has 3 N–H and O–H groups in total. The minimum atomic E-state index is -4.37. The van der Waals surface area contributed by atoms with Gasteiger partial charge in [-0.15, -0.1) is 0 Å². The molecule has 3 heterocycles. The predicted octanol–water partition coefficient (Wildman–Crippen LogP) is 4.61. The van der Waals surface area contributed by atoms with Gasteiger partial charge in [0.1, 0.15) is 5.65 Å². The van der Waals surface area contributed by atoms with Gasteiger partial charge in [0.25, 0.3) is 0 Å². The number of aromatic nitrogens is 3. The Balaban J connectivity index is 1.84. The number of amides is 1. The number of carbonyl (C=O) groups is 2. The van der Waals surface area contributed by atoms with E-state index >= 15 is 0 Å². The second kappa shape index (κ2) is 10.0. The fraction of sp³-hybridized carbons (Fsp3) is 0.391. The number of ketones is 1. The van der Waals surface area contributed by atoms with Gasteiger partial charge in [-0.1, -0.05) is 13.8 Å². The van der Waals surface area contributed by atoms with Crippen molar-refractivity contribution in [2.24, 2.45) is 5.92 Å². The summed E-state index contributed by atoms with van der Waals surface area (Å²) in [5.74, 6) is -0.841. The molecule has 3 aromatic heterocycles. The van der Waals surface area contributed by atoms with E-state index in [1.54, 1.807) is 38.5 Å². The Bertz CT molecular complexity index is 1140. The first-order chi connectivity index (χ1) is 15.5. The number of nitrogens with zero attached hydrogens (tertiary/aromatic N) is 2. The number of Topliss-reactive ketones (excluding diaryl/α,β-unsaturated/α-hetero) is 1. The molecular formula is C23H26F3N5O2. The second-order valence-corrected chi connectivity index (χ2v) is 8.26. The Labute approximate surface area is 189 Å². The number of H-pyrrole nitrogens is 1. The fourth-order valence-electron chi connectivity index (χ4n) is 3.49. The van der Waals surface area contributed by atoms with Gasteiger partial charge in [-0.2, -0.15) is 13.2 Å². The molecule has 0 saturated heterocycles. The highest BCUT2D eigenvalue weighted by Gasteiger charge is 2.31. The summed E-state index contributed by atoms with van der Waals surface area (Å²) in [5.41, 5.74) is 3.59. The third kappa shape index (κ3) is 6.53. The molecule has 0 aliphatic rings. The second-order valence-electron chi connectivity index (χ2n) is 8.26. The number of anilines is 1. The Morgan fingerprint density at radius 1 is 1.15 bits per heavy atom. The highest BCUT2D eigenvalue weighted by molar-refractivity contribution is 5.94. The summed E-state index contributed by atoms with van der Waals surface area (Å²) in [6.07, 6.45) is 0.565. The number of halogens is 3. The summed E-state index contributed by atoms with van der Waals surface area (Å²) in [4.78, 5) is 35.4. The van der Waals surface area contributed by atoms with Gasteiger partial charge in [0, 0.05) is 61.2 Å². The largest absolute Gasteiger partial charge is 0.389 e. The molecule has 0 fully saturated rings. The van der Waals surface area contributed by atoms with Crippen molar-refractivity contribution in [3.63, 3.8) is 0 Å². The summed E-state index contributed by atoms with van der Waals surface area (Å²) < 4.78 is 37.6. The number of rotatable bonds is 9. The summed E-state index contributed by atoms with van der Waals surface area (Å²) in [7, 11) is 0. The molecule has 0 aliphatic carbocycles. The zero-order chi connectivity index (χ0) is 24.2. The lowest BCUT2D eigenvalue weighted by Crippen LogP contribution is -2.35. The quantitative estimate of drug-likeness (QED) is 0.432. The Morgan fingerprint density at radius 2 is 1.91 bits per heavy atom. The zero-order valence-electron chi connectivity index (χ0n) is 18.6. The van der Waals surface area contributed by atoms with Crippen LogP contribution in [0.5, 0.6) is 0 Å². The normalized spacial score (nSPS) is 12.7. The molecular weight excluding hydrogens is 435 g/mol. The lowest BCUT2D eigenvalue weighted by atomic mass is 9.96. The van der Waals surface area contributed by atoms with Crippen molar-refractivity contribution in [3.05, 3.63) is 42.5 Å². The average Bonchev–Trinajstić information content (AvgIpc) is 3.17. The van der Waals surface area contributed by atoms with Crippen molar-refractivity contribution < 1.29 is 22.8 Å². The Kier molecular flexibility index (Phi) is 7.35. The van der Waals surface area contributed by atoms with Gasteiger partial charge in [0.15, 0.2) is 5.78 Å². The van der Waals surface area contributed by atoms with Crippen LogP contribution in [-0.2, 0) is 16.1 Å². The summed E-state index contributed by atoms with van der Waals surface area (Å²) in [6, 6.07) is 2.95. The molecule has 3 rings (SSSR count). The molecule has 0 saturated carbocycles. The van der Waals surface area contributed by atoms with Crippen LogP contribution in [0.25, 0.3) is 22.2 Å². The first-order valence-corrected chi connectivity index (χ1v) is 10.6. The molecule has 1 amide bonds. The van der Waals surface area contributed by atoms with Gasteiger partial charge < -0.3 is 15.6 Å². The molecule has 0 aromatic carbocycles. The van der Waals surface area contributed by atoms with E-state index in [1.807, 2.05) is 6.07 Å². The summed E-state index contributed by atoms with van der Waals surface area (Å²) >= 11 is 0. The van der Waals surface area contributed by atoms with Crippen molar-refractivity contribution in [2.75, 3.05) is 5.32 Å². The lowest BCUT2D eigenvalue weighted by molar-refractivity contribution is -0.143. The van der Waals surface area contributed by atoms with E-state index < -0.39 is 30.8 Å².